The lowest BCUT2D eigenvalue weighted by atomic mass is 9.47. The number of fused-ring (bicyclic) bond motifs is 5. The Balaban J connectivity index is 1.45. The zero-order valence-corrected chi connectivity index (χ0v) is 22.8. The molecule has 3 saturated carbocycles. The Hall–Kier alpha value is -0.790. The zero-order valence-electron chi connectivity index (χ0n) is 22.8. The van der Waals surface area contributed by atoms with Gasteiger partial charge >= 0.3 is 5.97 Å². The summed E-state index contributed by atoms with van der Waals surface area (Å²) < 4.78 is 5.88. The van der Waals surface area contributed by atoms with E-state index in [0.717, 1.165) is 48.3 Å². The molecular weight excluding hydrogens is 404 g/mol. The van der Waals surface area contributed by atoms with Gasteiger partial charge in [0.15, 0.2) is 0 Å². The van der Waals surface area contributed by atoms with Crippen LogP contribution in [0.2, 0.25) is 0 Å². The molecule has 0 aliphatic heterocycles. The van der Waals surface area contributed by atoms with Crippen molar-refractivity contribution >= 4 is 5.97 Å². The number of carbonyl (C=O) groups is 1. The molecule has 4 aliphatic rings. The number of ether oxygens (including phenoxy) is 1. The molecule has 4 aliphatic carbocycles. The van der Waals surface area contributed by atoms with Crippen molar-refractivity contribution in [3.8, 4) is 0 Å². The van der Waals surface area contributed by atoms with Crippen LogP contribution in [0.3, 0.4) is 0 Å². The summed E-state index contributed by atoms with van der Waals surface area (Å²) in [6.45, 7) is 16.5. The Morgan fingerprint density at radius 3 is 2.45 bits per heavy atom. The molecule has 0 aromatic rings. The lowest BCUT2D eigenvalue weighted by Gasteiger charge is -2.58. The molecule has 8 atom stereocenters. The topological polar surface area (TPSA) is 26.3 Å². The maximum atomic E-state index is 12.2. The third-order valence-corrected chi connectivity index (χ3v) is 11.0. The molecule has 3 fully saturated rings. The van der Waals surface area contributed by atoms with Gasteiger partial charge in [-0.2, -0.15) is 0 Å². The third kappa shape index (κ3) is 4.71. The molecule has 0 heterocycles. The lowest BCUT2D eigenvalue weighted by Crippen LogP contribution is -2.51. The highest BCUT2D eigenvalue weighted by Crippen LogP contribution is 2.67. The second kappa shape index (κ2) is 9.69. The van der Waals surface area contributed by atoms with Crippen molar-refractivity contribution in [1.29, 1.82) is 0 Å². The smallest absolute Gasteiger partial charge is 0.308 e. The van der Waals surface area contributed by atoms with Gasteiger partial charge in [0, 0.05) is 6.42 Å². The fourth-order valence-electron chi connectivity index (χ4n) is 9.05. The lowest BCUT2D eigenvalue weighted by molar-refractivity contribution is -0.155. The van der Waals surface area contributed by atoms with E-state index in [1.165, 1.54) is 57.8 Å². The van der Waals surface area contributed by atoms with Crippen molar-refractivity contribution < 1.29 is 9.53 Å². The van der Waals surface area contributed by atoms with Crippen LogP contribution in [-0.4, -0.2) is 12.1 Å². The van der Waals surface area contributed by atoms with Crippen molar-refractivity contribution in [2.24, 2.45) is 52.3 Å². The zero-order chi connectivity index (χ0) is 24.0. The van der Waals surface area contributed by atoms with E-state index in [9.17, 15) is 4.79 Å². The van der Waals surface area contributed by atoms with E-state index in [-0.39, 0.29) is 18.0 Å². The Bertz CT molecular complexity index is 735. The highest BCUT2D eigenvalue weighted by molar-refractivity contribution is 5.71. The Kier molecular flexibility index (Phi) is 7.43. The quantitative estimate of drug-likeness (QED) is 0.283. The maximum absolute atomic E-state index is 12.2. The second-order valence-corrected chi connectivity index (χ2v) is 13.7. The number of rotatable bonds is 7. The van der Waals surface area contributed by atoms with Gasteiger partial charge in [0.05, 0.1) is 5.92 Å². The number of hydrogen-bond acceptors (Lipinski definition) is 2. The first kappa shape index (κ1) is 25.3. The fraction of sp³-hybridized carbons (Fsp3) is 0.903. The van der Waals surface area contributed by atoms with Crippen LogP contribution in [0.4, 0.5) is 0 Å². The standard InChI is InChI=1S/C31H52O2/c1-20(2)9-8-10-22(5)26-13-14-27-25-12-11-23-19-24(33-29(32)21(3)4)15-17-30(23,6)28(25)16-18-31(26,27)7/h11,20-22,24-28H,8-10,12-19H2,1-7H3/t22-,24+,25?,26-,27?,28?,30+,31-/m1/s1. The third-order valence-electron chi connectivity index (χ3n) is 11.0. The van der Waals surface area contributed by atoms with Gasteiger partial charge in [-0.3, -0.25) is 4.79 Å². The molecule has 188 valence electrons. The molecule has 0 saturated heterocycles. The van der Waals surface area contributed by atoms with Gasteiger partial charge in [0.25, 0.3) is 0 Å². The minimum atomic E-state index is -0.0258. The van der Waals surface area contributed by atoms with Crippen LogP contribution in [0.5, 0.6) is 0 Å². The van der Waals surface area contributed by atoms with E-state index in [1.54, 1.807) is 5.57 Å². The molecule has 33 heavy (non-hydrogen) atoms. The van der Waals surface area contributed by atoms with E-state index >= 15 is 0 Å². The largest absolute Gasteiger partial charge is 0.462 e. The van der Waals surface area contributed by atoms with Gasteiger partial charge < -0.3 is 4.74 Å². The van der Waals surface area contributed by atoms with Crippen LogP contribution in [0.25, 0.3) is 0 Å². The molecular formula is C31H52O2. The van der Waals surface area contributed by atoms with Crippen molar-refractivity contribution in [1.82, 2.24) is 0 Å². The maximum Gasteiger partial charge on any atom is 0.308 e. The monoisotopic (exact) mass is 456 g/mol. The summed E-state index contributed by atoms with van der Waals surface area (Å²) in [4.78, 5) is 12.2. The van der Waals surface area contributed by atoms with Crippen molar-refractivity contribution in [2.75, 3.05) is 0 Å². The molecule has 0 amide bonds. The Morgan fingerprint density at radius 1 is 1.00 bits per heavy atom. The highest BCUT2D eigenvalue weighted by atomic mass is 16.5. The minimum Gasteiger partial charge on any atom is -0.462 e. The molecule has 0 N–H and O–H groups in total. The summed E-state index contributed by atoms with van der Waals surface area (Å²) in [6.07, 6.45) is 17.2. The number of hydrogen-bond donors (Lipinski definition) is 0. The molecule has 3 unspecified atom stereocenters. The normalized spacial score (nSPS) is 41.2. The summed E-state index contributed by atoms with van der Waals surface area (Å²) in [5.74, 6) is 5.24. The molecule has 2 nitrogen and oxygen atoms in total. The van der Waals surface area contributed by atoms with Crippen molar-refractivity contribution in [3.63, 3.8) is 0 Å². The molecule has 2 heteroatoms. The van der Waals surface area contributed by atoms with Crippen LogP contribution < -0.4 is 0 Å². The second-order valence-electron chi connectivity index (χ2n) is 13.7. The van der Waals surface area contributed by atoms with E-state index < -0.39 is 0 Å². The Morgan fingerprint density at radius 2 is 1.76 bits per heavy atom. The summed E-state index contributed by atoms with van der Waals surface area (Å²) in [5, 5.41) is 0. The van der Waals surface area contributed by atoms with Crippen molar-refractivity contribution in [3.05, 3.63) is 11.6 Å². The van der Waals surface area contributed by atoms with Gasteiger partial charge in [-0.1, -0.05) is 79.4 Å². The number of carbonyl (C=O) groups excluding carboxylic acids is 1. The van der Waals surface area contributed by atoms with Crippen LogP contribution in [0, 0.1) is 52.3 Å². The van der Waals surface area contributed by atoms with Crippen LogP contribution in [0.1, 0.15) is 119 Å². The predicted octanol–water partition coefficient (Wildman–Crippen LogP) is 8.60. The van der Waals surface area contributed by atoms with Gasteiger partial charge in [-0.05, 0) is 91.3 Å². The summed E-state index contributed by atoms with van der Waals surface area (Å²) in [7, 11) is 0. The molecule has 0 aromatic carbocycles. The first-order chi connectivity index (χ1) is 15.6. The molecule has 0 aromatic heterocycles. The predicted molar refractivity (Wildman–Crippen MR) is 138 cm³/mol. The first-order valence-electron chi connectivity index (χ1n) is 14.5. The van der Waals surface area contributed by atoms with E-state index in [1.807, 2.05) is 13.8 Å². The molecule has 0 radical (unpaired) electrons. The van der Waals surface area contributed by atoms with Crippen LogP contribution in [0.15, 0.2) is 11.6 Å². The fourth-order valence-corrected chi connectivity index (χ4v) is 9.05. The number of esters is 1. The SMILES string of the molecule is CC(C)CCC[C@@H](C)[C@H]1CCC2C3CC=C4C[C@@H](OC(=O)C(C)C)CC[C@]4(C)C3CC[C@@]21C. The minimum absolute atomic E-state index is 0.0224. The summed E-state index contributed by atoms with van der Waals surface area (Å²) >= 11 is 0. The highest BCUT2D eigenvalue weighted by Gasteiger charge is 2.59. The molecule has 4 rings (SSSR count). The molecule has 0 bridgehead atoms. The van der Waals surface area contributed by atoms with E-state index in [4.69, 9.17) is 4.74 Å². The van der Waals surface area contributed by atoms with Crippen LogP contribution in [-0.2, 0) is 9.53 Å². The summed E-state index contributed by atoms with van der Waals surface area (Å²) in [6, 6.07) is 0. The van der Waals surface area contributed by atoms with E-state index in [0.29, 0.717) is 10.8 Å². The van der Waals surface area contributed by atoms with Gasteiger partial charge in [-0.25, -0.2) is 0 Å². The van der Waals surface area contributed by atoms with Crippen molar-refractivity contribution in [2.45, 2.75) is 125 Å². The van der Waals surface area contributed by atoms with E-state index in [2.05, 4.69) is 40.7 Å². The first-order valence-corrected chi connectivity index (χ1v) is 14.5. The van der Waals surface area contributed by atoms with Crippen LogP contribution >= 0.6 is 0 Å². The Labute approximate surface area is 204 Å². The van der Waals surface area contributed by atoms with Gasteiger partial charge in [0.2, 0.25) is 0 Å². The molecule has 0 spiro atoms. The number of allylic oxidation sites excluding steroid dienone is 1. The van der Waals surface area contributed by atoms with Gasteiger partial charge in [-0.15, -0.1) is 0 Å². The summed E-state index contributed by atoms with van der Waals surface area (Å²) in [5.41, 5.74) is 2.52. The van der Waals surface area contributed by atoms with Gasteiger partial charge in [0.1, 0.15) is 6.10 Å². The average molecular weight is 457 g/mol. The average Bonchev–Trinajstić information content (AvgIpc) is 3.11.